The quantitative estimate of drug-likeness (QED) is 0.0237. The number of hydrogen-bond donors (Lipinski definition) is 11. The van der Waals surface area contributed by atoms with Crippen LogP contribution in [0.25, 0.3) is 51.7 Å². The summed E-state index contributed by atoms with van der Waals surface area (Å²) >= 11 is 6.44. The topological polar surface area (TPSA) is 457 Å². The van der Waals surface area contributed by atoms with E-state index in [1.54, 1.807) is 43.0 Å². The van der Waals surface area contributed by atoms with E-state index in [0.717, 1.165) is 172 Å². The second-order valence-corrected chi connectivity index (χ2v) is 41.8. The normalized spacial score (nSPS) is 16.0. The maximum absolute atomic E-state index is 13.5. The van der Waals surface area contributed by atoms with Gasteiger partial charge in [-0.3, -0.25) is 29.0 Å². The number of halogens is 4. The van der Waals surface area contributed by atoms with E-state index in [9.17, 15) is 46.6 Å². The third-order valence-electron chi connectivity index (χ3n) is 25.8. The molecule has 0 spiro atoms. The van der Waals surface area contributed by atoms with Gasteiger partial charge in [0.25, 0.3) is 23.6 Å². The minimum absolute atomic E-state index is 0. The number of Topliss-reactive ketones (excluding diaryl/α,β-unsaturated/α-hetero) is 1. The smallest absolute Gasteiger partial charge is 0.416 e. The number of thiazole rings is 5. The third kappa shape index (κ3) is 26.5. The fraction of sp³-hybridized carbons (Fsp3) is 0.350. The summed E-state index contributed by atoms with van der Waals surface area (Å²) in [6.07, 6.45) is 14.5. The first-order valence-electron chi connectivity index (χ1n) is 48.9. The van der Waals surface area contributed by atoms with Crippen LogP contribution in [0.4, 0.5) is 75.1 Å². The Morgan fingerprint density at radius 2 is 0.940 bits per heavy atom. The minimum Gasteiger partial charge on any atom is -0.489 e. The molecule has 780 valence electrons. The number of fused-ring (bicyclic) bond motifs is 8. The molecule has 6 aromatic carbocycles. The Kier molecular flexibility index (Phi) is 35.8. The van der Waals surface area contributed by atoms with Crippen molar-refractivity contribution in [3.63, 3.8) is 0 Å². The molecule has 2 atom stereocenters. The van der Waals surface area contributed by atoms with Gasteiger partial charge in [-0.2, -0.15) is 40.2 Å². The molecule has 7 aliphatic heterocycles. The number of carbonyl (C=O) groups is 5. The first kappa shape index (κ1) is 108. The predicted molar refractivity (Wildman–Crippen MR) is 587 cm³/mol. The van der Waals surface area contributed by atoms with Gasteiger partial charge in [-0.05, 0) is 231 Å². The molecular formula is C103H110F4N28O8S7. The summed E-state index contributed by atoms with van der Waals surface area (Å²) in [7, 11) is 0. The standard InChI is InChI=1S/C28H27F3N6O2S.C20H21N7OS.C20H22N6OS.C20H21N5O2S.C15H15FN4O2S.2H2S/c29-28(30,31)20-3-1-2-19(12-20)14-22(38)13-17-4-6-21(7-5-17)36-24-23-26(35-16-34-24)40-27(37-23)25(39)33-15-18-8-10-32-11-9-18;28-18(23-8-12-3-5-21-6-4-12)20-27-16-17(24-11-25-19(16)29-20)26-15-2-1-13-9-22-10-14(13)7-15;1-12-10-13-4-2-3-5-15(13)26(12)17-16-19(23-11-22-17)28-20(25-16)18(27)24-14-6-8-21-9-7-14;1-12-10-13-4-2-3-5-15(13)25(12)17-16-19(22-11-21-17)28-20(24-16)18(26)23-14-6-8-27-9-7-14;1-8(2)22-11-5-9(16)3-4-10(11)19-14-13-15(18-7-17-14)23-12(6-21)20-13;;/h1-7,12,16,18,32H,8-11,13-15H2,(H,33,39)(H,34,35,36);1-2,7,10-12,21H,3-6,8-9H2,(H,23,28)(H,24,25,26);2-5,11-12,14,21H,6-10H2,1H3,(H,24,27);2-5,11-12,14H,6-10H2,1H3,(H,23,26);3-5,7-8,21H,6H2,1-2H3,(H,17,18,19);2*1H2/t;;2*12-;;;/m..00.../s1. The van der Waals surface area contributed by atoms with Crippen molar-refractivity contribution < 1.29 is 56.1 Å². The first-order chi connectivity index (χ1) is 72.0. The largest absolute Gasteiger partial charge is 0.489 e. The van der Waals surface area contributed by atoms with Gasteiger partial charge >= 0.3 is 6.18 Å². The zero-order chi connectivity index (χ0) is 102. The van der Waals surface area contributed by atoms with Gasteiger partial charge in [-0.1, -0.05) is 129 Å². The van der Waals surface area contributed by atoms with E-state index in [0.29, 0.717) is 145 Å². The van der Waals surface area contributed by atoms with E-state index >= 15 is 0 Å². The molecule has 0 radical (unpaired) electrons. The monoisotopic (exact) mass is 2170 g/mol. The molecule has 11 N–H and O–H groups in total. The maximum atomic E-state index is 13.5. The van der Waals surface area contributed by atoms with Crippen molar-refractivity contribution in [1.82, 2.24) is 112 Å². The van der Waals surface area contributed by atoms with Gasteiger partial charge < -0.3 is 77.5 Å². The number of aliphatic hydroxyl groups is 1. The van der Waals surface area contributed by atoms with Crippen LogP contribution in [0.2, 0.25) is 0 Å². The summed E-state index contributed by atoms with van der Waals surface area (Å²) in [5.74, 6) is 3.24. The van der Waals surface area contributed by atoms with Crippen molar-refractivity contribution in [1.29, 1.82) is 0 Å². The van der Waals surface area contributed by atoms with Gasteiger partial charge in [0.2, 0.25) is 0 Å². The van der Waals surface area contributed by atoms with Crippen LogP contribution in [0.15, 0.2) is 170 Å². The van der Waals surface area contributed by atoms with Crippen molar-refractivity contribution in [2.24, 2.45) is 16.8 Å². The molecule has 10 aromatic heterocycles. The van der Waals surface area contributed by atoms with Crippen LogP contribution < -0.4 is 67.7 Å². The lowest BCUT2D eigenvalue weighted by molar-refractivity contribution is -0.137. The lowest BCUT2D eigenvalue weighted by Gasteiger charge is -2.23. The first-order valence-corrected chi connectivity index (χ1v) is 53.0. The molecule has 36 nitrogen and oxygen atoms in total. The highest BCUT2D eigenvalue weighted by Crippen LogP contribution is 2.44. The number of nitrogens with zero attached hydrogens (tertiary/aromatic N) is 18. The summed E-state index contributed by atoms with van der Waals surface area (Å²) in [6, 6.07) is 39.9. The van der Waals surface area contributed by atoms with Gasteiger partial charge in [0.1, 0.15) is 106 Å². The lowest BCUT2D eigenvalue weighted by Crippen LogP contribution is -2.42. The number of hydrogen-bond acceptors (Lipinski definition) is 37. The Labute approximate surface area is 893 Å². The molecule has 4 amide bonds. The number of ether oxygens (including phenoxy) is 2. The van der Waals surface area contributed by atoms with E-state index in [2.05, 4.69) is 199 Å². The van der Waals surface area contributed by atoms with Gasteiger partial charge in [-0.15, -0.1) is 0 Å². The molecule has 4 saturated heterocycles. The maximum Gasteiger partial charge on any atom is 0.416 e. The zero-order valence-electron chi connectivity index (χ0n) is 82.1. The molecule has 23 rings (SSSR count). The van der Waals surface area contributed by atoms with Crippen LogP contribution in [-0.2, 0) is 54.5 Å². The Hall–Kier alpha value is -13.6. The van der Waals surface area contributed by atoms with Crippen LogP contribution in [0.5, 0.6) is 5.75 Å². The van der Waals surface area contributed by atoms with Crippen LogP contribution in [0.3, 0.4) is 0 Å². The van der Waals surface area contributed by atoms with Crippen LogP contribution >= 0.6 is 83.7 Å². The molecule has 0 aliphatic carbocycles. The van der Waals surface area contributed by atoms with Gasteiger partial charge in [0, 0.05) is 98.3 Å². The number of alkyl halides is 3. The predicted octanol–water partition coefficient (Wildman–Crippen LogP) is 16.6. The number of aromatic nitrogens is 15. The summed E-state index contributed by atoms with van der Waals surface area (Å²) in [5, 5.41) is 43.2. The number of aliphatic imine (C=N–C) groups is 1. The average molecular weight is 2170 g/mol. The van der Waals surface area contributed by atoms with Crippen LogP contribution in [0, 0.1) is 17.7 Å². The highest BCUT2D eigenvalue weighted by atomic mass is 32.1. The SMILES string of the molecule is CC(C)Oc1cc(F)ccc1Nc1ncnc2sc(CO)nc12.C[C@H]1Cc2ccccc2N1c1ncnc2sc(C(=O)NC3CCNCC3)nc12.C[C@H]1Cc2ccccc2N1c1ncnc2sc(C(=O)NC3CCOCC3)nc12.O=C(Cc1ccc(Nc2ncnc3sc(C(=O)NCC4CCNCC4)nc23)cc1)Cc1cccc(C(F)(F)F)c1.O=C(NCC1CCNCC1)c1nc2c(Nc3ccc4c(c3)C=NC4)ncnc2s1.S.S. The summed E-state index contributed by atoms with van der Waals surface area (Å²) in [4.78, 5) is 141. The fourth-order valence-electron chi connectivity index (χ4n) is 18.4. The van der Waals surface area contributed by atoms with E-state index in [-0.39, 0.29) is 112 Å². The summed E-state index contributed by atoms with van der Waals surface area (Å²) in [5.41, 5.74) is 12.7. The highest BCUT2D eigenvalue weighted by Gasteiger charge is 2.36. The van der Waals surface area contributed by atoms with Gasteiger partial charge in [0.05, 0.1) is 30.5 Å². The number of aliphatic hydroxyl groups excluding tert-OH is 1. The third-order valence-corrected chi connectivity index (χ3v) is 30.5. The number of anilines is 10. The molecule has 16 aromatic rings. The Balaban J connectivity index is 0.000000129. The molecule has 7 aliphatic rings. The van der Waals surface area contributed by atoms with Crippen molar-refractivity contribution in [2.45, 2.75) is 154 Å². The second kappa shape index (κ2) is 49.9. The van der Waals surface area contributed by atoms with Crippen molar-refractivity contribution >= 4 is 229 Å². The van der Waals surface area contributed by atoms with E-state index in [1.165, 1.54) is 117 Å². The van der Waals surface area contributed by atoms with Crippen molar-refractivity contribution in [3.05, 3.63) is 235 Å². The van der Waals surface area contributed by atoms with Crippen molar-refractivity contribution in [3.8, 4) is 5.75 Å². The van der Waals surface area contributed by atoms with E-state index < -0.39 is 11.7 Å². The molecule has 0 bridgehead atoms. The highest BCUT2D eigenvalue weighted by molar-refractivity contribution is 7.59. The Morgan fingerprint density at radius 3 is 1.47 bits per heavy atom. The number of para-hydroxylation sites is 2. The summed E-state index contributed by atoms with van der Waals surface area (Å²) < 4.78 is 63.3. The van der Waals surface area contributed by atoms with E-state index in [4.69, 9.17) is 9.47 Å². The second-order valence-electron chi connectivity index (χ2n) is 36.8. The van der Waals surface area contributed by atoms with Crippen LogP contribution in [-0.4, -0.2) is 211 Å². The number of ketones is 1. The van der Waals surface area contributed by atoms with Crippen molar-refractivity contribution in [2.75, 3.05) is 91.3 Å². The lowest BCUT2D eigenvalue weighted by atomic mass is 9.98. The van der Waals surface area contributed by atoms with Crippen LogP contribution in [0.1, 0.15) is 162 Å². The zero-order valence-corrected chi connectivity index (χ0v) is 88.2. The molecule has 150 heavy (non-hydrogen) atoms. The molecular weight excluding hydrogens is 2060 g/mol. The Bertz CT molecular complexity index is 7340. The molecule has 0 saturated carbocycles. The number of rotatable bonds is 25. The number of piperidine rings is 3. The van der Waals surface area contributed by atoms with E-state index in [1.807, 2.05) is 44.3 Å². The summed E-state index contributed by atoms with van der Waals surface area (Å²) in [6.45, 7) is 17.2. The minimum atomic E-state index is -4.45. The number of carbonyl (C=O) groups excluding carboxylic acids is 5. The molecule has 17 heterocycles. The molecule has 0 unspecified atom stereocenters. The number of nitrogens with one attached hydrogen (secondary N) is 10. The fourth-order valence-corrected chi connectivity index (χ4v) is 22.4. The van der Waals surface area contributed by atoms with Gasteiger partial charge in [-0.25, -0.2) is 79.2 Å². The van der Waals surface area contributed by atoms with Gasteiger partial charge in [0.15, 0.2) is 49.1 Å². The molecule has 47 heteroatoms. The molecule has 4 fully saturated rings. The average Bonchev–Trinajstić information content (AvgIpc) is 1.61. The Morgan fingerprint density at radius 1 is 0.480 bits per heavy atom. The number of benzene rings is 6. The number of amides is 4.